The number of fused-ring (bicyclic) bond motifs is 1. The highest BCUT2D eigenvalue weighted by Gasteiger charge is 2.12. The van der Waals surface area contributed by atoms with Gasteiger partial charge in [-0.1, -0.05) is 11.6 Å². The molecule has 2 rings (SSSR count). The van der Waals surface area contributed by atoms with Crippen LogP contribution in [0.25, 0.3) is 10.9 Å². The molecule has 18 heavy (non-hydrogen) atoms. The highest BCUT2D eigenvalue weighted by molar-refractivity contribution is 7.86. The maximum Gasteiger partial charge on any atom is 0.264 e. The molecule has 1 heterocycles. The molecule has 1 aromatic carbocycles. The van der Waals surface area contributed by atoms with Crippen LogP contribution in [0.5, 0.6) is 0 Å². The van der Waals surface area contributed by atoms with Crippen LogP contribution in [0.2, 0.25) is 0 Å². The second kappa shape index (κ2) is 4.74. The summed E-state index contributed by atoms with van der Waals surface area (Å²) in [5.41, 5.74) is 2.30. The van der Waals surface area contributed by atoms with Gasteiger partial charge in [0.2, 0.25) is 0 Å². The summed E-state index contributed by atoms with van der Waals surface area (Å²) in [6.45, 7) is 4.31. The Hall–Kier alpha value is -1.33. The molecule has 0 aliphatic carbocycles. The normalized spacial score (nSPS) is 13.9. The largest absolute Gasteiger partial charge is 0.345 e. The van der Waals surface area contributed by atoms with Gasteiger partial charge in [0.15, 0.2) is 0 Å². The predicted molar refractivity (Wildman–Crippen MR) is 72.1 cm³/mol. The van der Waals surface area contributed by atoms with Crippen LogP contribution in [-0.4, -0.2) is 25.3 Å². The number of aryl methyl sites for hydroxylation is 1. The molecule has 1 unspecified atom stereocenters. The Bertz CT molecular complexity index is 658. The van der Waals surface area contributed by atoms with E-state index in [1.807, 2.05) is 35.9 Å². The maximum absolute atomic E-state index is 11.0. The summed E-state index contributed by atoms with van der Waals surface area (Å²) >= 11 is 0. The average molecular weight is 267 g/mol. The van der Waals surface area contributed by atoms with E-state index in [1.165, 1.54) is 5.56 Å². The minimum absolute atomic E-state index is 0.378. The molecule has 98 valence electrons. The van der Waals surface area contributed by atoms with E-state index in [-0.39, 0.29) is 6.10 Å². The van der Waals surface area contributed by atoms with E-state index in [4.69, 9.17) is 4.18 Å². The van der Waals surface area contributed by atoms with Crippen LogP contribution in [-0.2, 0) is 20.8 Å². The van der Waals surface area contributed by atoms with Crippen molar-refractivity contribution in [3.8, 4) is 0 Å². The van der Waals surface area contributed by atoms with Crippen molar-refractivity contribution in [2.24, 2.45) is 0 Å². The van der Waals surface area contributed by atoms with Gasteiger partial charge in [-0.15, -0.1) is 0 Å². The van der Waals surface area contributed by atoms with Crippen molar-refractivity contribution in [2.75, 3.05) is 6.26 Å². The summed E-state index contributed by atoms with van der Waals surface area (Å²) in [7, 11) is -3.40. The number of rotatable bonds is 4. The Labute approximate surface area is 107 Å². The molecule has 5 heteroatoms. The Morgan fingerprint density at radius 3 is 2.72 bits per heavy atom. The smallest absolute Gasteiger partial charge is 0.264 e. The highest BCUT2D eigenvalue weighted by atomic mass is 32.2. The molecule has 0 aliphatic rings. The second-order valence-corrected chi connectivity index (χ2v) is 6.24. The second-order valence-electron chi connectivity index (χ2n) is 4.64. The number of hydrogen-bond donors (Lipinski definition) is 0. The lowest BCUT2D eigenvalue weighted by molar-refractivity contribution is 0.211. The van der Waals surface area contributed by atoms with Gasteiger partial charge in [-0.3, -0.25) is 4.18 Å². The zero-order valence-electron chi connectivity index (χ0n) is 10.8. The number of hydrogen-bond acceptors (Lipinski definition) is 3. The molecule has 0 amide bonds. The van der Waals surface area contributed by atoms with Gasteiger partial charge >= 0.3 is 0 Å². The molecule has 0 bridgehead atoms. The summed E-state index contributed by atoms with van der Waals surface area (Å²) in [5, 5.41) is 1.15. The van der Waals surface area contributed by atoms with Crippen molar-refractivity contribution >= 4 is 21.0 Å². The summed E-state index contributed by atoms with van der Waals surface area (Å²) < 4.78 is 29.0. The van der Waals surface area contributed by atoms with Gasteiger partial charge in [-0.05, 0) is 37.4 Å². The standard InChI is InChI=1S/C13H17NO3S/c1-10-4-5-13-12(8-10)6-7-14(13)9-11(2)17-18(3,15)16/h4-8,11H,9H2,1-3H3. The molecule has 1 atom stereocenters. The van der Waals surface area contributed by atoms with Crippen molar-refractivity contribution in [2.45, 2.75) is 26.5 Å². The molecule has 0 aliphatic heterocycles. The lowest BCUT2D eigenvalue weighted by Gasteiger charge is -2.13. The van der Waals surface area contributed by atoms with Crippen LogP contribution in [0.1, 0.15) is 12.5 Å². The van der Waals surface area contributed by atoms with Gasteiger partial charge < -0.3 is 4.57 Å². The Kier molecular flexibility index (Phi) is 3.45. The van der Waals surface area contributed by atoms with Crippen LogP contribution < -0.4 is 0 Å². The Balaban J connectivity index is 2.22. The molecule has 0 saturated carbocycles. The highest BCUT2D eigenvalue weighted by Crippen LogP contribution is 2.18. The Morgan fingerprint density at radius 2 is 2.06 bits per heavy atom. The van der Waals surface area contributed by atoms with Crippen LogP contribution >= 0.6 is 0 Å². The van der Waals surface area contributed by atoms with E-state index < -0.39 is 10.1 Å². The Morgan fingerprint density at radius 1 is 1.33 bits per heavy atom. The SMILES string of the molecule is Cc1ccc2c(ccn2CC(C)OS(C)(=O)=O)c1. The van der Waals surface area contributed by atoms with Gasteiger partial charge in [-0.25, -0.2) is 0 Å². The van der Waals surface area contributed by atoms with E-state index in [0.717, 1.165) is 17.2 Å². The first-order chi connectivity index (χ1) is 8.35. The molecular formula is C13H17NO3S. The predicted octanol–water partition coefficient (Wildman–Crippen LogP) is 2.31. The lowest BCUT2D eigenvalue weighted by Crippen LogP contribution is -2.19. The fourth-order valence-electron chi connectivity index (χ4n) is 2.08. The van der Waals surface area contributed by atoms with Crippen molar-refractivity contribution < 1.29 is 12.6 Å². The van der Waals surface area contributed by atoms with E-state index >= 15 is 0 Å². The molecule has 2 aromatic rings. The van der Waals surface area contributed by atoms with E-state index in [1.54, 1.807) is 6.92 Å². The van der Waals surface area contributed by atoms with Gasteiger partial charge in [0.25, 0.3) is 10.1 Å². The summed E-state index contributed by atoms with van der Waals surface area (Å²) in [6, 6.07) is 8.21. The fourth-order valence-corrected chi connectivity index (χ4v) is 2.74. The minimum atomic E-state index is -3.40. The third-order valence-electron chi connectivity index (χ3n) is 2.72. The third kappa shape index (κ3) is 3.11. The molecule has 0 N–H and O–H groups in total. The lowest BCUT2D eigenvalue weighted by atomic mass is 10.2. The molecule has 1 aromatic heterocycles. The average Bonchev–Trinajstić information content (AvgIpc) is 2.57. The quantitative estimate of drug-likeness (QED) is 0.799. The van der Waals surface area contributed by atoms with E-state index in [9.17, 15) is 8.42 Å². The zero-order chi connectivity index (χ0) is 13.3. The van der Waals surface area contributed by atoms with Crippen molar-refractivity contribution in [3.63, 3.8) is 0 Å². The maximum atomic E-state index is 11.0. The summed E-state index contributed by atoms with van der Waals surface area (Å²) in [4.78, 5) is 0. The van der Waals surface area contributed by atoms with Crippen molar-refractivity contribution in [1.82, 2.24) is 4.57 Å². The van der Waals surface area contributed by atoms with Crippen LogP contribution in [0.3, 0.4) is 0 Å². The van der Waals surface area contributed by atoms with Gasteiger partial charge in [0, 0.05) is 11.7 Å². The third-order valence-corrected chi connectivity index (χ3v) is 3.40. The topological polar surface area (TPSA) is 48.3 Å². The fraction of sp³-hybridized carbons (Fsp3) is 0.385. The zero-order valence-corrected chi connectivity index (χ0v) is 11.6. The van der Waals surface area contributed by atoms with Crippen LogP contribution in [0.15, 0.2) is 30.5 Å². The van der Waals surface area contributed by atoms with Crippen LogP contribution in [0, 0.1) is 6.92 Å². The number of nitrogens with zero attached hydrogens (tertiary/aromatic N) is 1. The molecule has 4 nitrogen and oxygen atoms in total. The first-order valence-corrected chi connectivity index (χ1v) is 7.60. The van der Waals surface area contributed by atoms with E-state index in [0.29, 0.717) is 6.54 Å². The van der Waals surface area contributed by atoms with E-state index in [2.05, 4.69) is 6.07 Å². The monoisotopic (exact) mass is 267 g/mol. The summed E-state index contributed by atoms with van der Waals surface area (Å²) in [5.74, 6) is 0. The van der Waals surface area contributed by atoms with Gasteiger partial charge in [0.05, 0.1) is 18.9 Å². The minimum Gasteiger partial charge on any atom is -0.345 e. The van der Waals surface area contributed by atoms with Gasteiger partial charge in [-0.2, -0.15) is 8.42 Å². The first kappa shape index (κ1) is 13.1. The molecule has 0 saturated heterocycles. The molecule has 0 fully saturated rings. The van der Waals surface area contributed by atoms with Gasteiger partial charge in [0.1, 0.15) is 0 Å². The molecule has 0 radical (unpaired) electrons. The molecule has 0 spiro atoms. The van der Waals surface area contributed by atoms with Crippen LogP contribution in [0.4, 0.5) is 0 Å². The molecular weight excluding hydrogens is 250 g/mol. The first-order valence-electron chi connectivity index (χ1n) is 5.79. The van der Waals surface area contributed by atoms with Crippen molar-refractivity contribution in [3.05, 3.63) is 36.0 Å². The summed E-state index contributed by atoms with van der Waals surface area (Å²) in [6.07, 6.45) is 2.64. The number of benzene rings is 1. The number of aromatic nitrogens is 1. The van der Waals surface area contributed by atoms with Crippen molar-refractivity contribution in [1.29, 1.82) is 0 Å².